The minimum Gasteiger partial charge on any atom is -0.394 e. The van der Waals surface area contributed by atoms with Gasteiger partial charge in [0.2, 0.25) is 0 Å². The van der Waals surface area contributed by atoms with Crippen LogP contribution in [0.5, 0.6) is 0 Å². The Labute approximate surface area is 93.1 Å². The van der Waals surface area contributed by atoms with E-state index >= 15 is 0 Å². The highest BCUT2D eigenvalue weighted by Crippen LogP contribution is 2.22. The molecule has 1 atom stereocenters. The molecule has 0 aliphatic carbocycles. The Kier molecular flexibility index (Phi) is 7.09. The van der Waals surface area contributed by atoms with E-state index in [2.05, 4.69) is 25.7 Å². The second-order valence-corrected chi connectivity index (χ2v) is 4.01. The van der Waals surface area contributed by atoms with Crippen LogP contribution in [0.4, 0.5) is 0 Å². The van der Waals surface area contributed by atoms with E-state index in [0.29, 0.717) is 13.1 Å². The number of nitrogens with two attached hydrogens (primary N) is 1. The van der Waals surface area contributed by atoms with Gasteiger partial charge in [-0.1, -0.05) is 20.8 Å². The van der Waals surface area contributed by atoms with E-state index in [9.17, 15) is 5.11 Å². The highest BCUT2D eigenvalue weighted by Gasteiger charge is 2.31. The van der Waals surface area contributed by atoms with Crippen LogP contribution in [0.15, 0.2) is 0 Å². The summed E-state index contributed by atoms with van der Waals surface area (Å²) in [5.41, 5.74) is 5.80. The zero-order valence-electron chi connectivity index (χ0n) is 10.2. The predicted octanol–water partition coefficient (Wildman–Crippen LogP) is 0.179. The van der Waals surface area contributed by atoms with E-state index in [1.165, 1.54) is 0 Å². The lowest BCUT2D eigenvalue weighted by atomic mass is 9.90. The molecule has 0 aromatic heterocycles. The van der Waals surface area contributed by atoms with Gasteiger partial charge in [0.05, 0.1) is 12.7 Å². The molecular formula is C11H26N2O2. The highest BCUT2D eigenvalue weighted by atomic mass is 16.3. The standard InChI is InChI=1S/C11H26N2O2/c1-4-11(5-2,9-12)13(6-3)7-10(15)8-14/h10,14-15H,4-9,12H2,1-3H3. The fourth-order valence-electron chi connectivity index (χ4n) is 2.09. The number of nitrogens with zero attached hydrogens (tertiary/aromatic N) is 1. The molecule has 15 heavy (non-hydrogen) atoms. The maximum absolute atomic E-state index is 9.48. The molecule has 0 radical (unpaired) electrons. The predicted molar refractivity (Wildman–Crippen MR) is 62.7 cm³/mol. The largest absolute Gasteiger partial charge is 0.394 e. The number of rotatable bonds is 8. The van der Waals surface area contributed by atoms with E-state index in [4.69, 9.17) is 10.8 Å². The van der Waals surface area contributed by atoms with E-state index in [0.717, 1.165) is 19.4 Å². The van der Waals surface area contributed by atoms with Gasteiger partial charge in [-0.2, -0.15) is 0 Å². The Morgan fingerprint density at radius 2 is 1.80 bits per heavy atom. The average molecular weight is 218 g/mol. The first kappa shape index (κ1) is 14.8. The highest BCUT2D eigenvalue weighted by molar-refractivity contribution is 4.89. The Hall–Kier alpha value is -0.160. The fourth-order valence-corrected chi connectivity index (χ4v) is 2.09. The Morgan fingerprint density at radius 3 is 2.07 bits per heavy atom. The number of likely N-dealkylation sites (N-methyl/N-ethyl adjacent to an activating group) is 1. The number of hydrogen-bond acceptors (Lipinski definition) is 4. The molecule has 0 saturated carbocycles. The van der Waals surface area contributed by atoms with Crippen LogP contribution in [0.3, 0.4) is 0 Å². The van der Waals surface area contributed by atoms with Gasteiger partial charge in [-0.3, -0.25) is 4.90 Å². The summed E-state index contributed by atoms with van der Waals surface area (Å²) in [6, 6.07) is 0. The summed E-state index contributed by atoms with van der Waals surface area (Å²) in [4.78, 5) is 2.17. The summed E-state index contributed by atoms with van der Waals surface area (Å²) in [5, 5.41) is 18.3. The van der Waals surface area contributed by atoms with E-state index in [1.54, 1.807) is 0 Å². The monoisotopic (exact) mass is 218 g/mol. The third-order valence-electron chi connectivity index (χ3n) is 3.39. The molecule has 0 amide bonds. The molecule has 0 aliphatic rings. The Bertz CT molecular complexity index is 152. The van der Waals surface area contributed by atoms with Crippen LogP contribution in [0.2, 0.25) is 0 Å². The summed E-state index contributed by atoms with van der Waals surface area (Å²) in [6.45, 7) is 8.02. The molecule has 92 valence electrons. The first-order valence-corrected chi connectivity index (χ1v) is 5.84. The molecule has 0 heterocycles. The zero-order valence-corrected chi connectivity index (χ0v) is 10.2. The summed E-state index contributed by atoms with van der Waals surface area (Å²) in [6.07, 6.45) is 1.26. The summed E-state index contributed by atoms with van der Waals surface area (Å²) in [7, 11) is 0. The van der Waals surface area contributed by atoms with Crippen molar-refractivity contribution in [3.8, 4) is 0 Å². The maximum atomic E-state index is 9.48. The minimum atomic E-state index is -0.672. The van der Waals surface area contributed by atoms with Gasteiger partial charge < -0.3 is 15.9 Å². The quantitative estimate of drug-likeness (QED) is 0.543. The first-order chi connectivity index (χ1) is 7.10. The van der Waals surface area contributed by atoms with Crippen molar-refractivity contribution in [2.24, 2.45) is 5.73 Å². The molecule has 0 saturated heterocycles. The van der Waals surface area contributed by atoms with Crippen molar-refractivity contribution in [1.82, 2.24) is 4.90 Å². The smallest absolute Gasteiger partial charge is 0.0897 e. The van der Waals surface area contributed by atoms with Crippen LogP contribution in [0.25, 0.3) is 0 Å². The average Bonchev–Trinajstić information content (AvgIpc) is 2.29. The molecule has 0 bridgehead atoms. The van der Waals surface area contributed by atoms with Crippen molar-refractivity contribution in [3.05, 3.63) is 0 Å². The molecular weight excluding hydrogens is 192 g/mol. The summed E-state index contributed by atoms with van der Waals surface area (Å²) >= 11 is 0. The molecule has 4 nitrogen and oxygen atoms in total. The minimum absolute atomic E-state index is 0.0368. The molecule has 0 aliphatic heterocycles. The van der Waals surface area contributed by atoms with Crippen LogP contribution in [-0.4, -0.2) is 53.0 Å². The van der Waals surface area contributed by atoms with Crippen molar-refractivity contribution in [3.63, 3.8) is 0 Å². The van der Waals surface area contributed by atoms with Crippen molar-refractivity contribution in [2.45, 2.75) is 45.3 Å². The number of aliphatic hydroxyl groups excluding tert-OH is 2. The van der Waals surface area contributed by atoms with Crippen LogP contribution >= 0.6 is 0 Å². The van der Waals surface area contributed by atoms with Gasteiger partial charge in [-0.15, -0.1) is 0 Å². The topological polar surface area (TPSA) is 69.7 Å². The van der Waals surface area contributed by atoms with E-state index in [1.807, 2.05) is 0 Å². The van der Waals surface area contributed by atoms with Crippen molar-refractivity contribution < 1.29 is 10.2 Å². The van der Waals surface area contributed by atoms with Crippen LogP contribution < -0.4 is 5.73 Å². The normalized spacial score (nSPS) is 14.6. The van der Waals surface area contributed by atoms with E-state index in [-0.39, 0.29) is 12.1 Å². The van der Waals surface area contributed by atoms with Gasteiger partial charge in [-0.05, 0) is 19.4 Å². The van der Waals surface area contributed by atoms with Crippen molar-refractivity contribution in [2.75, 3.05) is 26.2 Å². The summed E-state index contributed by atoms with van der Waals surface area (Å²) < 4.78 is 0. The third kappa shape index (κ3) is 3.72. The molecule has 0 aromatic rings. The lowest BCUT2D eigenvalue weighted by Crippen LogP contribution is -2.55. The second kappa shape index (κ2) is 7.17. The van der Waals surface area contributed by atoms with Gasteiger partial charge in [-0.25, -0.2) is 0 Å². The van der Waals surface area contributed by atoms with Gasteiger partial charge in [0, 0.05) is 18.6 Å². The number of hydrogen-bond donors (Lipinski definition) is 3. The third-order valence-corrected chi connectivity index (χ3v) is 3.39. The van der Waals surface area contributed by atoms with Crippen LogP contribution in [0.1, 0.15) is 33.6 Å². The SMILES string of the molecule is CCN(CC(O)CO)C(CC)(CC)CN. The number of β-amino-alcohol motifs (C(OH)–C–C–N with tert-alkyl or cyclic N) is 1. The molecule has 1 unspecified atom stereocenters. The molecule has 0 spiro atoms. The lowest BCUT2D eigenvalue weighted by molar-refractivity contribution is 0.0112. The number of aliphatic hydroxyl groups is 2. The second-order valence-electron chi connectivity index (χ2n) is 4.01. The fraction of sp³-hybridized carbons (Fsp3) is 1.00. The Balaban J connectivity index is 4.58. The van der Waals surface area contributed by atoms with Gasteiger partial charge in [0.1, 0.15) is 0 Å². The van der Waals surface area contributed by atoms with Crippen LogP contribution in [-0.2, 0) is 0 Å². The van der Waals surface area contributed by atoms with Crippen molar-refractivity contribution in [1.29, 1.82) is 0 Å². The molecule has 0 fully saturated rings. The Morgan fingerprint density at radius 1 is 1.27 bits per heavy atom. The molecule has 0 aromatic carbocycles. The molecule has 0 rings (SSSR count). The summed E-state index contributed by atoms with van der Waals surface area (Å²) in [5.74, 6) is 0. The lowest BCUT2D eigenvalue weighted by Gasteiger charge is -2.42. The van der Waals surface area contributed by atoms with E-state index < -0.39 is 6.10 Å². The zero-order chi connectivity index (χ0) is 11.9. The van der Waals surface area contributed by atoms with Gasteiger partial charge in [0.25, 0.3) is 0 Å². The maximum Gasteiger partial charge on any atom is 0.0897 e. The molecule has 4 heteroatoms. The van der Waals surface area contributed by atoms with Crippen LogP contribution in [0, 0.1) is 0 Å². The first-order valence-electron chi connectivity index (χ1n) is 5.84. The van der Waals surface area contributed by atoms with Crippen molar-refractivity contribution >= 4 is 0 Å². The van der Waals surface area contributed by atoms with Gasteiger partial charge in [0.15, 0.2) is 0 Å². The molecule has 4 N–H and O–H groups in total. The van der Waals surface area contributed by atoms with Gasteiger partial charge >= 0.3 is 0 Å².